The maximum Gasteiger partial charge on any atom is 0.274 e. The highest BCUT2D eigenvalue weighted by atomic mass is 19.1. The molecular formula is C11H8BF2N3O. The number of anilines is 1. The summed E-state index contributed by atoms with van der Waals surface area (Å²) in [6, 6.07) is 2.07. The lowest BCUT2D eigenvalue weighted by atomic mass is 9.95. The summed E-state index contributed by atoms with van der Waals surface area (Å²) in [7, 11) is 5.30. The zero-order valence-electron chi connectivity index (χ0n) is 9.42. The molecule has 18 heavy (non-hydrogen) atoms. The first-order valence-corrected chi connectivity index (χ1v) is 5.05. The molecule has 1 heterocycles. The Balaban J connectivity index is 2.33. The number of rotatable bonds is 2. The molecule has 0 aliphatic heterocycles. The van der Waals surface area contributed by atoms with E-state index in [1.165, 1.54) is 6.20 Å². The zero-order valence-corrected chi connectivity index (χ0v) is 9.42. The van der Waals surface area contributed by atoms with Crippen molar-refractivity contribution in [3.05, 3.63) is 41.2 Å². The van der Waals surface area contributed by atoms with Crippen LogP contribution in [-0.4, -0.2) is 24.0 Å². The molecule has 2 N–H and O–H groups in total. The van der Waals surface area contributed by atoms with Crippen molar-refractivity contribution in [3.8, 4) is 0 Å². The number of H-pyrrole nitrogens is 1. The van der Waals surface area contributed by atoms with Gasteiger partial charge in [0.25, 0.3) is 5.91 Å². The third-order valence-electron chi connectivity index (χ3n) is 2.42. The number of nitrogens with zero attached hydrogens (tertiary/aromatic N) is 1. The third kappa shape index (κ3) is 2.11. The van der Waals surface area contributed by atoms with Gasteiger partial charge >= 0.3 is 0 Å². The molecule has 2 rings (SSSR count). The minimum atomic E-state index is -1.000. The summed E-state index contributed by atoms with van der Waals surface area (Å²) in [5.41, 5.74) is -0.115. The minimum absolute atomic E-state index is 0.135. The van der Waals surface area contributed by atoms with Crippen LogP contribution in [0.25, 0.3) is 0 Å². The first-order chi connectivity index (χ1) is 8.50. The van der Waals surface area contributed by atoms with Crippen LogP contribution in [0.5, 0.6) is 0 Å². The number of hydrogen-bond donors (Lipinski definition) is 2. The van der Waals surface area contributed by atoms with Gasteiger partial charge in [-0.25, -0.2) is 8.78 Å². The maximum atomic E-state index is 13.6. The Labute approximate surface area is 103 Å². The van der Waals surface area contributed by atoms with Gasteiger partial charge in [-0.15, -0.1) is 0 Å². The molecule has 0 aliphatic carbocycles. The van der Waals surface area contributed by atoms with Crippen LogP contribution in [0.2, 0.25) is 0 Å². The molecule has 0 saturated heterocycles. The molecule has 0 unspecified atom stereocenters. The van der Waals surface area contributed by atoms with Crippen LogP contribution in [0.15, 0.2) is 18.3 Å². The first kappa shape index (κ1) is 12.3. The third-order valence-corrected chi connectivity index (χ3v) is 2.42. The molecule has 0 fully saturated rings. The Bertz CT molecular complexity index is 612. The molecule has 7 heteroatoms. The average molecular weight is 247 g/mol. The number of halogens is 2. The second-order valence-corrected chi connectivity index (χ2v) is 3.71. The van der Waals surface area contributed by atoms with E-state index in [0.717, 1.165) is 12.1 Å². The lowest BCUT2D eigenvalue weighted by Crippen LogP contribution is -2.19. The minimum Gasteiger partial charge on any atom is -0.316 e. The molecule has 2 aromatic rings. The number of carbonyl (C=O) groups is 1. The van der Waals surface area contributed by atoms with E-state index in [4.69, 9.17) is 7.85 Å². The van der Waals surface area contributed by atoms with Gasteiger partial charge in [-0.1, -0.05) is 11.5 Å². The smallest absolute Gasteiger partial charge is 0.274 e. The molecule has 1 amide bonds. The Morgan fingerprint density at radius 1 is 1.44 bits per heavy atom. The number of hydrogen-bond acceptors (Lipinski definition) is 2. The summed E-state index contributed by atoms with van der Waals surface area (Å²) in [6.45, 7) is 1.64. The van der Waals surface area contributed by atoms with Crippen molar-refractivity contribution in [2.24, 2.45) is 0 Å². The van der Waals surface area contributed by atoms with E-state index in [2.05, 4.69) is 15.5 Å². The van der Waals surface area contributed by atoms with E-state index in [1.807, 2.05) is 0 Å². The van der Waals surface area contributed by atoms with Crippen LogP contribution in [0, 0.1) is 18.6 Å². The molecular weight excluding hydrogens is 239 g/mol. The van der Waals surface area contributed by atoms with Crippen molar-refractivity contribution in [1.29, 1.82) is 0 Å². The van der Waals surface area contributed by atoms with Gasteiger partial charge < -0.3 is 5.32 Å². The highest BCUT2D eigenvalue weighted by Crippen LogP contribution is 2.17. The number of aromatic amines is 1. The second-order valence-electron chi connectivity index (χ2n) is 3.71. The van der Waals surface area contributed by atoms with Crippen molar-refractivity contribution < 1.29 is 13.6 Å². The van der Waals surface area contributed by atoms with Crippen LogP contribution in [0.4, 0.5) is 14.5 Å². The molecule has 0 bridgehead atoms. The molecule has 0 saturated carbocycles. The first-order valence-electron chi connectivity index (χ1n) is 5.05. The van der Waals surface area contributed by atoms with Gasteiger partial charge in [0.15, 0.2) is 0 Å². The highest BCUT2D eigenvalue weighted by Gasteiger charge is 2.17. The Kier molecular flexibility index (Phi) is 3.14. The van der Waals surface area contributed by atoms with Crippen LogP contribution in [0.1, 0.15) is 16.1 Å². The molecule has 4 nitrogen and oxygen atoms in total. The molecule has 2 radical (unpaired) electrons. The average Bonchev–Trinajstić information content (AvgIpc) is 2.76. The van der Waals surface area contributed by atoms with Crippen molar-refractivity contribution >= 4 is 24.9 Å². The predicted molar refractivity (Wildman–Crippen MR) is 63.0 cm³/mol. The van der Waals surface area contributed by atoms with Gasteiger partial charge in [0.05, 0.1) is 6.20 Å². The quantitative estimate of drug-likeness (QED) is 0.779. The molecule has 1 aromatic heterocycles. The van der Waals surface area contributed by atoms with E-state index in [-0.39, 0.29) is 11.2 Å². The van der Waals surface area contributed by atoms with E-state index in [9.17, 15) is 13.6 Å². The summed E-state index contributed by atoms with van der Waals surface area (Å²) in [4.78, 5) is 11.8. The molecule has 0 atom stereocenters. The largest absolute Gasteiger partial charge is 0.316 e. The second kappa shape index (κ2) is 4.60. The fourth-order valence-electron chi connectivity index (χ4n) is 1.44. The lowest BCUT2D eigenvalue weighted by Gasteiger charge is -2.08. The van der Waals surface area contributed by atoms with Gasteiger partial charge in [0.1, 0.15) is 30.9 Å². The van der Waals surface area contributed by atoms with Crippen molar-refractivity contribution in [3.63, 3.8) is 0 Å². The van der Waals surface area contributed by atoms with Gasteiger partial charge in [-0.2, -0.15) is 5.10 Å². The van der Waals surface area contributed by atoms with Gasteiger partial charge in [-0.3, -0.25) is 9.89 Å². The van der Waals surface area contributed by atoms with Crippen molar-refractivity contribution in [1.82, 2.24) is 10.2 Å². The van der Waals surface area contributed by atoms with Crippen LogP contribution in [-0.2, 0) is 0 Å². The van der Waals surface area contributed by atoms with E-state index in [1.54, 1.807) is 6.92 Å². The number of nitrogens with one attached hydrogen (secondary N) is 2. The molecule has 0 spiro atoms. The standard InChI is InChI=1S/C11H8BF2N3O/c1-5-4-15-17-9(5)11(18)16-10-7(13)3-2-6(12)8(10)14/h2-4H,1H3,(H,15,17)(H,16,18). The summed E-state index contributed by atoms with van der Waals surface area (Å²) in [5, 5.41) is 8.21. The molecule has 0 aliphatic rings. The zero-order chi connectivity index (χ0) is 13.3. The fourth-order valence-corrected chi connectivity index (χ4v) is 1.44. The summed E-state index contributed by atoms with van der Waals surface area (Å²) in [5.74, 6) is -2.58. The van der Waals surface area contributed by atoms with E-state index >= 15 is 0 Å². The summed E-state index contributed by atoms with van der Waals surface area (Å²) in [6.07, 6.45) is 1.43. The van der Waals surface area contributed by atoms with Gasteiger partial charge in [-0.05, 0) is 18.6 Å². The summed E-state index contributed by atoms with van der Waals surface area (Å²) >= 11 is 0. The fraction of sp³-hybridized carbons (Fsp3) is 0.0909. The molecule has 90 valence electrons. The highest BCUT2D eigenvalue weighted by molar-refractivity contribution is 6.33. The van der Waals surface area contributed by atoms with Crippen molar-refractivity contribution in [2.75, 3.05) is 5.32 Å². The van der Waals surface area contributed by atoms with Crippen molar-refractivity contribution in [2.45, 2.75) is 6.92 Å². The predicted octanol–water partition coefficient (Wildman–Crippen LogP) is 1.04. The topological polar surface area (TPSA) is 57.8 Å². The van der Waals surface area contributed by atoms with E-state index in [0.29, 0.717) is 5.56 Å². The van der Waals surface area contributed by atoms with Gasteiger partial charge in [0.2, 0.25) is 0 Å². The number of aryl methyl sites for hydroxylation is 1. The van der Waals surface area contributed by atoms with Crippen LogP contribution in [0.3, 0.4) is 0 Å². The van der Waals surface area contributed by atoms with Crippen LogP contribution >= 0.6 is 0 Å². The lowest BCUT2D eigenvalue weighted by molar-refractivity contribution is 0.102. The number of carbonyl (C=O) groups excluding carboxylic acids is 1. The summed E-state index contributed by atoms with van der Waals surface area (Å²) < 4.78 is 27.0. The SMILES string of the molecule is [B]c1ccc(F)c(NC(=O)c2[nH]ncc2C)c1F. The molecule has 1 aromatic carbocycles. The van der Waals surface area contributed by atoms with Gasteiger partial charge in [0, 0.05) is 0 Å². The number of aromatic nitrogens is 2. The van der Waals surface area contributed by atoms with Crippen LogP contribution < -0.4 is 10.8 Å². The van der Waals surface area contributed by atoms with E-state index < -0.39 is 23.2 Å². The maximum absolute atomic E-state index is 13.6. The Morgan fingerprint density at radius 2 is 2.17 bits per heavy atom. The number of benzene rings is 1. The Morgan fingerprint density at radius 3 is 2.78 bits per heavy atom. The Hall–Kier alpha value is -2.18. The monoisotopic (exact) mass is 247 g/mol. The number of amides is 1. The normalized spacial score (nSPS) is 10.4.